The van der Waals surface area contributed by atoms with Crippen molar-refractivity contribution in [3.63, 3.8) is 0 Å². The van der Waals surface area contributed by atoms with E-state index >= 15 is 0 Å². The number of hydrogen-bond donors (Lipinski definition) is 1. The summed E-state index contributed by atoms with van der Waals surface area (Å²) in [5.74, 6) is 0.608. The molecule has 1 N–H and O–H groups in total. The third kappa shape index (κ3) is 4.29. The van der Waals surface area contributed by atoms with Crippen LogP contribution in [-0.4, -0.2) is 41.2 Å². The van der Waals surface area contributed by atoms with Gasteiger partial charge in [-0.3, -0.25) is 4.79 Å². The van der Waals surface area contributed by atoms with Crippen LogP contribution in [0.2, 0.25) is 0 Å². The van der Waals surface area contributed by atoms with Gasteiger partial charge in [0.25, 0.3) is 5.56 Å². The number of nitrogens with zero attached hydrogens (tertiary/aromatic N) is 3. The second-order valence-corrected chi connectivity index (χ2v) is 9.20. The summed E-state index contributed by atoms with van der Waals surface area (Å²) in [6.07, 6.45) is -2.81. The highest BCUT2D eigenvalue weighted by molar-refractivity contribution is 5.68. The summed E-state index contributed by atoms with van der Waals surface area (Å²) in [6.45, 7) is 2.75. The molecule has 0 bridgehead atoms. The van der Waals surface area contributed by atoms with Crippen LogP contribution in [0.25, 0.3) is 16.9 Å². The molecule has 3 aromatic rings. The van der Waals surface area contributed by atoms with Gasteiger partial charge in [-0.15, -0.1) is 0 Å². The van der Waals surface area contributed by atoms with Crippen molar-refractivity contribution in [2.75, 3.05) is 25.1 Å². The van der Waals surface area contributed by atoms with E-state index in [-0.39, 0.29) is 5.69 Å². The zero-order valence-electron chi connectivity index (χ0n) is 19.5. The minimum atomic E-state index is -4.68. The number of aryl methyl sites for hydroxylation is 1. The number of aliphatic hydroxyl groups is 1. The molecule has 0 saturated carbocycles. The Kier molecular flexibility index (Phi) is 5.83. The van der Waals surface area contributed by atoms with Crippen LogP contribution < -0.4 is 15.2 Å². The van der Waals surface area contributed by atoms with Gasteiger partial charge in [0, 0.05) is 29.9 Å². The van der Waals surface area contributed by atoms with Crippen LogP contribution in [0, 0.1) is 6.92 Å². The molecular weight excluding hydrogens is 459 g/mol. The van der Waals surface area contributed by atoms with Crippen molar-refractivity contribution in [3.8, 4) is 22.7 Å². The Morgan fingerprint density at radius 1 is 1.11 bits per heavy atom. The van der Waals surface area contributed by atoms with E-state index in [2.05, 4.69) is 5.10 Å². The van der Waals surface area contributed by atoms with Crippen molar-refractivity contribution in [3.05, 3.63) is 69.0 Å². The fourth-order valence-corrected chi connectivity index (χ4v) is 5.08. The van der Waals surface area contributed by atoms with Gasteiger partial charge in [0.05, 0.1) is 30.2 Å². The van der Waals surface area contributed by atoms with E-state index in [9.17, 15) is 23.1 Å². The van der Waals surface area contributed by atoms with E-state index < -0.39 is 23.4 Å². The lowest BCUT2D eigenvalue weighted by Gasteiger charge is -2.22. The molecule has 35 heavy (non-hydrogen) atoms. The molecule has 1 fully saturated rings. The summed E-state index contributed by atoms with van der Waals surface area (Å²) in [5, 5.41) is 14.4. The number of aromatic nitrogens is 2. The molecule has 0 amide bonds. The number of methoxy groups -OCH3 is 1. The highest BCUT2D eigenvalue weighted by Crippen LogP contribution is 2.37. The zero-order valence-corrected chi connectivity index (χ0v) is 19.5. The second-order valence-electron chi connectivity index (χ2n) is 9.20. The molecule has 5 rings (SSSR count). The van der Waals surface area contributed by atoms with E-state index in [1.807, 2.05) is 24.0 Å². The molecule has 0 unspecified atom stereocenters. The molecule has 0 radical (unpaired) electrons. The topological polar surface area (TPSA) is 67.6 Å². The van der Waals surface area contributed by atoms with E-state index in [0.29, 0.717) is 60.6 Å². The number of ether oxygens (including phenoxy) is 1. The number of halogens is 3. The molecule has 2 aliphatic rings. The highest BCUT2D eigenvalue weighted by Gasteiger charge is 2.36. The van der Waals surface area contributed by atoms with Crippen LogP contribution in [0.4, 0.5) is 18.9 Å². The van der Waals surface area contributed by atoms with Gasteiger partial charge >= 0.3 is 6.18 Å². The SMILES string of the molecule is COc1cc(C)cc(-c2nn(-c3cc(N4CC[C@@H](O)C4)ccc3C(F)(F)F)c(=O)c3c2CCC3)c1. The van der Waals surface area contributed by atoms with E-state index in [4.69, 9.17) is 4.74 Å². The third-order valence-corrected chi connectivity index (χ3v) is 6.76. The summed E-state index contributed by atoms with van der Waals surface area (Å²) in [6, 6.07) is 9.27. The van der Waals surface area contributed by atoms with E-state index in [0.717, 1.165) is 28.3 Å². The average Bonchev–Trinajstić information content (AvgIpc) is 3.48. The smallest absolute Gasteiger partial charge is 0.418 e. The van der Waals surface area contributed by atoms with E-state index in [1.54, 1.807) is 13.2 Å². The van der Waals surface area contributed by atoms with Gasteiger partial charge in [-0.2, -0.15) is 23.0 Å². The van der Waals surface area contributed by atoms with Gasteiger partial charge in [-0.05, 0) is 80.1 Å². The maximum Gasteiger partial charge on any atom is 0.418 e. The summed E-state index contributed by atoms with van der Waals surface area (Å²) in [7, 11) is 1.55. The number of rotatable bonds is 4. The van der Waals surface area contributed by atoms with E-state index in [1.165, 1.54) is 12.1 Å². The first-order valence-electron chi connectivity index (χ1n) is 11.6. The lowest BCUT2D eigenvalue weighted by Crippen LogP contribution is -2.29. The number of hydrogen-bond acceptors (Lipinski definition) is 5. The quantitative estimate of drug-likeness (QED) is 0.597. The fourth-order valence-electron chi connectivity index (χ4n) is 5.08. The Labute approximate surface area is 200 Å². The van der Waals surface area contributed by atoms with Gasteiger partial charge < -0.3 is 14.7 Å². The predicted octanol–water partition coefficient (Wildman–Crippen LogP) is 4.30. The molecular formula is C26H26F3N3O3. The van der Waals surface area contributed by atoms with Crippen LogP contribution in [0.3, 0.4) is 0 Å². The van der Waals surface area contributed by atoms with Crippen LogP contribution in [0.1, 0.15) is 35.1 Å². The molecule has 2 heterocycles. The predicted molar refractivity (Wildman–Crippen MR) is 126 cm³/mol. The van der Waals surface area contributed by atoms with Crippen molar-refractivity contribution < 1.29 is 23.0 Å². The molecule has 1 aromatic heterocycles. The van der Waals surface area contributed by atoms with Crippen LogP contribution in [0.5, 0.6) is 5.75 Å². The van der Waals surface area contributed by atoms with Gasteiger partial charge in [0.15, 0.2) is 0 Å². The van der Waals surface area contributed by atoms with Crippen LogP contribution >= 0.6 is 0 Å². The Morgan fingerprint density at radius 2 is 1.89 bits per heavy atom. The minimum absolute atomic E-state index is 0.308. The number of anilines is 1. The van der Waals surface area contributed by atoms with Gasteiger partial charge in [0.1, 0.15) is 5.75 Å². The third-order valence-electron chi connectivity index (χ3n) is 6.76. The molecule has 1 aliphatic carbocycles. The fraction of sp³-hybridized carbons (Fsp3) is 0.385. The molecule has 0 spiro atoms. The first-order chi connectivity index (χ1) is 16.7. The van der Waals surface area contributed by atoms with Crippen LogP contribution in [0.15, 0.2) is 41.2 Å². The number of alkyl halides is 3. The molecule has 184 valence electrons. The molecule has 9 heteroatoms. The van der Waals surface area contributed by atoms with Gasteiger partial charge in [0.2, 0.25) is 0 Å². The van der Waals surface area contributed by atoms with Crippen molar-refractivity contribution in [2.24, 2.45) is 0 Å². The monoisotopic (exact) mass is 485 g/mol. The molecule has 1 saturated heterocycles. The first kappa shape index (κ1) is 23.4. The number of aliphatic hydroxyl groups excluding tert-OH is 1. The standard InChI is InChI=1S/C26H26F3N3O3/c1-15-10-16(12-19(11-15)35-2)24-20-4-3-5-21(20)25(34)32(30-24)23-13-17(31-9-8-18(33)14-31)6-7-22(23)26(27,28)29/h6-7,10-13,18,33H,3-5,8-9,14H2,1-2H3/t18-/m1/s1. The highest BCUT2D eigenvalue weighted by atomic mass is 19.4. The Hall–Kier alpha value is -3.33. The molecule has 2 aromatic carbocycles. The summed E-state index contributed by atoms with van der Waals surface area (Å²) in [5.41, 5.74) is 2.14. The zero-order chi connectivity index (χ0) is 24.9. The average molecular weight is 486 g/mol. The molecule has 6 nitrogen and oxygen atoms in total. The number of fused-ring (bicyclic) bond motifs is 1. The number of β-amino-alcohol motifs (C(OH)–C–C–N with tert-alkyl or cyclic N) is 1. The lowest BCUT2D eigenvalue weighted by molar-refractivity contribution is -0.137. The number of benzene rings is 2. The maximum absolute atomic E-state index is 14.1. The van der Waals surface area contributed by atoms with Crippen molar-refractivity contribution in [1.82, 2.24) is 9.78 Å². The van der Waals surface area contributed by atoms with Crippen molar-refractivity contribution >= 4 is 5.69 Å². The first-order valence-corrected chi connectivity index (χ1v) is 11.6. The van der Waals surface area contributed by atoms with Gasteiger partial charge in [-0.25, -0.2) is 0 Å². The molecule has 1 aliphatic heterocycles. The lowest BCUT2D eigenvalue weighted by atomic mass is 10.0. The summed E-state index contributed by atoms with van der Waals surface area (Å²) in [4.78, 5) is 15.3. The van der Waals surface area contributed by atoms with Crippen molar-refractivity contribution in [2.45, 2.75) is 44.9 Å². The normalized spacial score (nSPS) is 17.7. The summed E-state index contributed by atoms with van der Waals surface area (Å²) >= 11 is 0. The minimum Gasteiger partial charge on any atom is -0.497 e. The van der Waals surface area contributed by atoms with Crippen LogP contribution in [-0.2, 0) is 19.0 Å². The second kappa shape index (κ2) is 8.71. The largest absolute Gasteiger partial charge is 0.497 e. The maximum atomic E-state index is 14.1. The van der Waals surface area contributed by atoms with Crippen molar-refractivity contribution in [1.29, 1.82) is 0 Å². The summed E-state index contributed by atoms with van der Waals surface area (Å²) < 4.78 is 48.5. The Balaban J connectivity index is 1.75. The Bertz CT molecular complexity index is 1350. The molecule has 1 atom stereocenters. The Morgan fingerprint density at radius 3 is 2.57 bits per heavy atom. The van der Waals surface area contributed by atoms with Gasteiger partial charge in [-0.1, -0.05) is 0 Å².